The van der Waals surface area contributed by atoms with Crippen LogP contribution in [0, 0.1) is 0 Å². The molecule has 0 aromatic heterocycles. The Morgan fingerprint density at radius 1 is 1.45 bits per heavy atom. The smallest absolute Gasteiger partial charge is 0.0938 e. The molecule has 2 atom stereocenters. The molecule has 0 aliphatic heterocycles. The Labute approximate surface area is 73.7 Å². The van der Waals surface area contributed by atoms with Gasteiger partial charge in [-0.15, -0.1) is 0 Å². The second kappa shape index (κ2) is 3.51. The van der Waals surface area contributed by atoms with Crippen LogP contribution in [0.3, 0.4) is 0 Å². The van der Waals surface area contributed by atoms with E-state index in [0.717, 1.165) is 0 Å². The summed E-state index contributed by atoms with van der Waals surface area (Å²) in [5.41, 5.74) is 5.31. The van der Waals surface area contributed by atoms with E-state index in [9.17, 15) is 5.11 Å². The van der Waals surface area contributed by atoms with E-state index in [2.05, 4.69) is 0 Å². The molecule has 1 aromatic rings. The van der Waals surface area contributed by atoms with Crippen molar-refractivity contribution >= 4 is 0 Å². The molecule has 0 aliphatic rings. The highest BCUT2D eigenvalue weighted by atomic mass is 16.3. The third-order valence-electron chi connectivity index (χ3n) is 1.31. The van der Waals surface area contributed by atoms with Gasteiger partial charge in [0.1, 0.15) is 0 Å². The van der Waals surface area contributed by atoms with E-state index in [1.807, 2.05) is 0 Å². The minimum atomic E-state index is -1.27. The molecule has 0 saturated heterocycles. The van der Waals surface area contributed by atoms with Crippen molar-refractivity contribution < 1.29 is 12.0 Å². The number of nitrogens with two attached hydrogens (primary N) is 1. The van der Waals surface area contributed by atoms with E-state index in [-0.39, 0.29) is 5.56 Å². The maximum Gasteiger partial charge on any atom is 0.0938 e. The van der Waals surface area contributed by atoms with Gasteiger partial charge in [-0.1, -0.05) is 30.2 Å². The molecule has 0 bridgehead atoms. The van der Waals surface area contributed by atoms with Gasteiger partial charge in [-0.3, -0.25) is 0 Å². The summed E-state index contributed by atoms with van der Waals surface area (Å²) >= 11 is 0. The van der Waals surface area contributed by atoms with Crippen molar-refractivity contribution in [2.75, 3.05) is 0 Å². The van der Waals surface area contributed by atoms with Crippen LogP contribution in [-0.4, -0.2) is 11.1 Å². The van der Waals surface area contributed by atoms with Gasteiger partial charge in [-0.2, -0.15) is 0 Å². The van der Waals surface area contributed by atoms with Crippen LogP contribution >= 0.6 is 0 Å². The number of benzene rings is 1. The van der Waals surface area contributed by atoms with Crippen molar-refractivity contribution in [3.63, 3.8) is 0 Å². The third kappa shape index (κ3) is 2.03. The van der Waals surface area contributed by atoms with Gasteiger partial charge < -0.3 is 10.8 Å². The monoisotopic (exact) mass is 156 g/mol. The average molecular weight is 156 g/mol. The van der Waals surface area contributed by atoms with Crippen LogP contribution < -0.4 is 5.73 Å². The summed E-state index contributed by atoms with van der Waals surface area (Å²) in [4.78, 5) is 0. The summed E-state index contributed by atoms with van der Waals surface area (Å²) in [6.45, 7) is 1.51. The average Bonchev–Trinajstić information content (AvgIpc) is 2.23. The van der Waals surface area contributed by atoms with Crippen LogP contribution in [0.4, 0.5) is 0 Å². The fourth-order valence-electron chi connectivity index (χ4n) is 0.670. The highest BCUT2D eigenvalue weighted by Crippen LogP contribution is 2.13. The number of aliphatic hydroxyl groups is 1. The summed E-state index contributed by atoms with van der Waals surface area (Å²) in [5, 5.41) is 9.71. The first-order valence-electron chi connectivity index (χ1n) is 5.79. The van der Waals surface area contributed by atoms with Crippen LogP contribution in [-0.2, 0) is 0 Å². The van der Waals surface area contributed by atoms with Crippen molar-refractivity contribution in [2.24, 2.45) is 5.73 Å². The molecule has 11 heavy (non-hydrogen) atoms. The molecule has 0 radical (unpaired) electrons. The van der Waals surface area contributed by atoms with E-state index < -0.39 is 42.4 Å². The van der Waals surface area contributed by atoms with Crippen LogP contribution in [0.5, 0.6) is 0 Å². The normalized spacial score (nSPS) is 22.3. The Balaban J connectivity index is 3.51. The molecule has 1 rings (SSSR count). The van der Waals surface area contributed by atoms with E-state index in [1.54, 1.807) is 0 Å². The first kappa shape index (κ1) is 3.70. The second-order valence-corrected chi connectivity index (χ2v) is 2.34. The highest BCUT2D eigenvalue weighted by molar-refractivity contribution is 5.18. The maximum absolute atomic E-state index is 9.71. The predicted molar refractivity (Wildman–Crippen MR) is 45.1 cm³/mol. The van der Waals surface area contributed by atoms with Gasteiger partial charge in [0.15, 0.2) is 0 Å². The Bertz CT molecular complexity index is 392. The van der Waals surface area contributed by atoms with E-state index >= 15 is 0 Å². The standard InChI is InChI=1S/C9H13NO/c1-7(10)9(11)8-5-3-2-4-6-8/h2-7,9,11H,10H2,1H3/t7-,9+/m0/s1/i2D,3D,4D,5D,6D. The van der Waals surface area contributed by atoms with Gasteiger partial charge in [0, 0.05) is 6.04 Å². The van der Waals surface area contributed by atoms with E-state index in [4.69, 9.17) is 12.6 Å². The zero-order valence-electron chi connectivity index (χ0n) is 11.2. The molecule has 0 amide bonds. The van der Waals surface area contributed by atoms with Gasteiger partial charge in [-0.25, -0.2) is 0 Å². The van der Waals surface area contributed by atoms with E-state index in [1.165, 1.54) is 6.92 Å². The molecular weight excluding hydrogens is 138 g/mol. The number of rotatable bonds is 2. The Kier molecular flexibility index (Phi) is 1.18. The first-order chi connectivity index (χ1) is 7.29. The molecular formula is C9H13NO. The summed E-state index contributed by atoms with van der Waals surface area (Å²) < 4.78 is 37.3. The van der Waals surface area contributed by atoms with Crippen molar-refractivity contribution in [3.8, 4) is 0 Å². The summed E-state index contributed by atoms with van der Waals surface area (Å²) in [7, 11) is 0. The Morgan fingerprint density at radius 3 is 2.45 bits per heavy atom. The van der Waals surface area contributed by atoms with Crippen LogP contribution in [0.2, 0.25) is 0 Å². The van der Waals surface area contributed by atoms with Gasteiger partial charge in [0.05, 0.1) is 13.0 Å². The third-order valence-corrected chi connectivity index (χ3v) is 1.31. The van der Waals surface area contributed by atoms with Crippen molar-refractivity contribution in [1.82, 2.24) is 0 Å². The first-order valence-corrected chi connectivity index (χ1v) is 3.29. The number of hydrogen-bond acceptors (Lipinski definition) is 2. The molecule has 0 aliphatic carbocycles. The lowest BCUT2D eigenvalue weighted by Gasteiger charge is -2.13. The summed E-state index contributed by atoms with van der Waals surface area (Å²) in [5.74, 6) is 0. The highest BCUT2D eigenvalue weighted by Gasteiger charge is 2.10. The molecule has 0 heterocycles. The van der Waals surface area contributed by atoms with Gasteiger partial charge >= 0.3 is 0 Å². The number of hydrogen-bond donors (Lipinski definition) is 2. The Morgan fingerprint density at radius 2 is 2.00 bits per heavy atom. The SMILES string of the molecule is [2H]c1c([2H])c([2H])c([C@H](O)[C@H](C)N)c([2H])c1[2H]. The molecule has 60 valence electrons. The van der Waals surface area contributed by atoms with Crippen LogP contribution in [0.15, 0.2) is 30.2 Å². The summed E-state index contributed by atoms with van der Waals surface area (Å²) in [6.07, 6.45) is -1.27. The van der Waals surface area contributed by atoms with Gasteiger partial charge in [-0.05, 0) is 12.5 Å². The van der Waals surface area contributed by atoms with Gasteiger partial charge in [0.2, 0.25) is 0 Å². The predicted octanol–water partition coefficient (Wildman–Crippen LogP) is 1.07. The molecule has 3 N–H and O–H groups in total. The van der Waals surface area contributed by atoms with Crippen LogP contribution in [0.25, 0.3) is 0 Å². The molecule has 0 fully saturated rings. The molecule has 1 aromatic carbocycles. The largest absolute Gasteiger partial charge is 0.387 e. The lowest BCUT2D eigenvalue weighted by atomic mass is 10.0. The minimum Gasteiger partial charge on any atom is -0.387 e. The van der Waals surface area contributed by atoms with Crippen molar-refractivity contribution in [2.45, 2.75) is 19.1 Å². The fraction of sp³-hybridized carbons (Fsp3) is 0.333. The molecule has 2 heteroatoms. The molecule has 2 nitrogen and oxygen atoms in total. The lowest BCUT2D eigenvalue weighted by Crippen LogP contribution is -2.24. The van der Waals surface area contributed by atoms with E-state index in [0.29, 0.717) is 0 Å². The summed E-state index contributed by atoms with van der Waals surface area (Å²) in [6, 6.07) is -2.92. The zero-order chi connectivity index (χ0) is 12.6. The minimum absolute atomic E-state index is 0.152. The quantitative estimate of drug-likeness (QED) is 0.672. The lowest BCUT2D eigenvalue weighted by molar-refractivity contribution is 0.153. The van der Waals surface area contributed by atoms with Crippen molar-refractivity contribution in [1.29, 1.82) is 0 Å². The maximum atomic E-state index is 9.71. The molecule has 0 spiro atoms. The molecule has 0 saturated carbocycles. The van der Waals surface area contributed by atoms with Gasteiger partial charge in [0.25, 0.3) is 0 Å². The number of aliphatic hydroxyl groups excluding tert-OH is 1. The topological polar surface area (TPSA) is 46.2 Å². The fourth-order valence-corrected chi connectivity index (χ4v) is 0.670. The van der Waals surface area contributed by atoms with Crippen molar-refractivity contribution in [3.05, 3.63) is 35.8 Å². The molecule has 0 unspecified atom stereocenters. The Hall–Kier alpha value is -0.860. The van der Waals surface area contributed by atoms with Crippen LogP contribution in [0.1, 0.15) is 25.4 Å². The zero-order valence-corrected chi connectivity index (χ0v) is 6.18. The second-order valence-electron chi connectivity index (χ2n) is 2.34.